The number of hydrogen-bond acceptors (Lipinski definition) is 3. The van der Waals surface area contributed by atoms with Crippen LogP contribution in [0.15, 0.2) is 53.9 Å². The minimum atomic E-state index is -0.243. The normalized spacial score (nSPS) is 17.5. The van der Waals surface area contributed by atoms with E-state index in [0.717, 1.165) is 21.2 Å². The highest BCUT2D eigenvalue weighted by Crippen LogP contribution is 2.39. The van der Waals surface area contributed by atoms with E-state index in [9.17, 15) is 4.79 Å². The first-order valence-electron chi connectivity index (χ1n) is 6.10. The number of benzene rings is 2. The molecule has 1 unspecified atom stereocenters. The maximum atomic E-state index is 12.0. The molecule has 0 fully saturated rings. The molecule has 1 atom stereocenters. The first-order chi connectivity index (χ1) is 9.33. The molecule has 3 aromatic rings. The molecule has 19 heavy (non-hydrogen) atoms. The Balaban J connectivity index is 1.96. The van der Waals surface area contributed by atoms with Crippen molar-refractivity contribution in [1.82, 2.24) is 0 Å². The van der Waals surface area contributed by atoms with E-state index in [1.165, 1.54) is 0 Å². The Bertz CT molecular complexity index is 775. The number of hydrogen-bond donors (Lipinski definition) is 0. The third kappa shape index (κ3) is 1.59. The number of ether oxygens (including phenoxy) is 1. The molecule has 1 aliphatic rings. The van der Waals surface area contributed by atoms with Crippen LogP contribution in [0.2, 0.25) is 0 Å². The average molecular weight is 266 g/mol. The van der Waals surface area contributed by atoms with Crippen molar-refractivity contribution in [3.05, 3.63) is 69.9 Å². The van der Waals surface area contributed by atoms with Gasteiger partial charge in [-0.1, -0.05) is 30.3 Å². The van der Waals surface area contributed by atoms with Gasteiger partial charge in [-0.3, -0.25) is 0 Å². The van der Waals surface area contributed by atoms with Gasteiger partial charge in [0.1, 0.15) is 0 Å². The second kappa shape index (κ2) is 3.93. The van der Waals surface area contributed by atoms with E-state index >= 15 is 0 Å². The van der Waals surface area contributed by atoms with Crippen LogP contribution in [0.4, 0.5) is 0 Å². The Labute approximate surface area is 114 Å². The van der Waals surface area contributed by atoms with Crippen LogP contribution in [0.3, 0.4) is 0 Å². The summed E-state index contributed by atoms with van der Waals surface area (Å²) < 4.78 is 5.52. The van der Waals surface area contributed by atoms with Gasteiger partial charge in [0.25, 0.3) is 0 Å². The van der Waals surface area contributed by atoms with Crippen molar-refractivity contribution >= 4 is 28.1 Å². The van der Waals surface area contributed by atoms with E-state index in [1.807, 2.05) is 41.8 Å². The zero-order valence-corrected chi connectivity index (χ0v) is 10.8. The molecule has 0 amide bonds. The van der Waals surface area contributed by atoms with E-state index in [-0.39, 0.29) is 12.1 Å². The first kappa shape index (κ1) is 10.8. The number of carbonyl (C=O) groups is 1. The van der Waals surface area contributed by atoms with Crippen LogP contribution in [-0.4, -0.2) is 5.97 Å². The van der Waals surface area contributed by atoms with Crippen molar-refractivity contribution in [3.8, 4) is 0 Å². The number of cyclic esters (lactones) is 1. The smallest absolute Gasteiger partial charge is 0.339 e. The summed E-state index contributed by atoms with van der Waals surface area (Å²) in [5.74, 6) is -0.223. The van der Waals surface area contributed by atoms with E-state index < -0.39 is 0 Å². The summed E-state index contributed by atoms with van der Waals surface area (Å²) in [6.45, 7) is 0. The first-order valence-corrected chi connectivity index (χ1v) is 6.98. The Morgan fingerprint density at radius 3 is 2.53 bits per heavy atom. The Morgan fingerprint density at radius 1 is 1.00 bits per heavy atom. The van der Waals surface area contributed by atoms with Crippen molar-refractivity contribution in [2.75, 3.05) is 0 Å². The summed E-state index contributed by atoms with van der Waals surface area (Å²) in [6.07, 6.45) is -0.243. The van der Waals surface area contributed by atoms with E-state index in [4.69, 9.17) is 4.74 Å². The Kier molecular flexibility index (Phi) is 2.23. The molecule has 92 valence electrons. The lowest BCUT2D eigenvalue weighted by molar-refractivity contribution is 0.0461. The minimum Gasteiger partial charge on any atom is -0.448 e. The van der Waals surface area contributed by atoms with Crippen LogP contribution < -0.4 is 0 Å². The van der Waals surface area contributed by atoms with Crippen molar-refractivity contribution in [2.24, 2.45) is 0 Å². The Hall–Kier alpha value is -2.13. The molecule has 1 aromatic heterocycles. The van der Waals surface area contributed by atoms with Crippen LogP contribution in [0, 0.1) is 0 Å². The van der Waals surface area contributed by atoms with Gasteiger partial charge in [0.05, 0.1) is 5.56 Å². The highest BCUT2D eigenvalue weighted by molar-refractivity contribution is 7.10. The van der Waals surface area contributed by atoms with Crippen LogP contribution in [0.25, 0.3) is 10.8 Å². The average Bonchev–Trinajstić information content (AvgIpc) is 3.05. The fourth-order valence-corrected chi connectivity index (χ4v) is 3.31. The van der Waals surface area contributed by atoms with Gasteiger partial charge in [-0.2, -0.15) is 0 Å². The summed E-state index contributed by atoms with van der Waals surface area (Å²) in [5, 5.41) is 4.22. The summed E-state index contributed by atoms with van der Waals surface area (Å²) in [4.78, 5) is 13.1. The summed E-state index contributed by atoms with van der Waals surface area (Å²) >= 11 is 1.61. The monoisotopic (exact) mass is 266 g/mol. The second-order valence-electron chi connectivity index (χ2n) is 4.59. The number of rotatable bonds is 1. The third-order valence-electron chi connectivity index (χ3n) is 3.45. The highest BCUT2D eigenvalue weighted by atomic mass is 32.1. The van der Waals surface area contributed by atoms with Crippen molar-refractivity contribution in [2.45, 2.75) is 6.10 Å². The lowest BCUT2D eigenvalue weighted by Crippen LogP contribution is -1.97. The maximum absolute atomic E-state index is 12.0. The fraction of sp³-hybridized carbons (Fsp3) is 0.0625. The van der Waals surface area contributed by atoms with Gasteiger partial charge < -0.3 is 4.74 Å². The van der Waals surface area contributed by atoms with Gasteiger partial charge in [-0.05, 0) is 34.4 Å². The molecule has 2 aromatic carbocycles. The maximum Gasteiger partial charge on any atom is 0.339 e. The van der Waals surface area contributed by atoms with Crippen molar-refractivity contribution in [3.63, 3.8) is 0 Å². The lowest BCUT2D eigenvalue weighted by atomic mass is 9.99. The predicted molar refractivity (Wildman–Crippen MR) is 75.5 cm³/mol. The predicted octanol–water partition coefficient (Wildman–Crippen LogP) is 4.16. The second-order valence-corrected chi connectivity index (χ2v) is 5.57. The molecule has 0 radical (unpaired) electrons. The number of carbonyl (C=O) groups excluding carboxylic acids is 1. The number of esters is 1. The molecule has 0 bridgehead atoms. The van der Waals surface area contributed by atoms with Crippen LogP contribution >= 0.6 is 11.3 Å². The van der Waals surface area contributed by atoms with Gasteiger partial charge in [-0.15, -0.1) is 11.3 Å². The standard InChI is InChI=1S/C16H10O2S/c17-16-13-9-11-5-2-1-4-10(11)8-12(13)15(18-16)14-6-3-7-19-14/h1-9,15H. The van der Waals surface area contributed by atoms with Gasteiger partial charge >= 0.3 is 5.97 Å². The molecular formula is C16H10O2S. The molecule has 4 rings (SSSR count). The van der Waals surface area contributed by atoms with Crippen molar-refractivity contribution < 1.29 is 9.53 Å². The van der Waals surface area contributed by atoms with E-state index in [0.29, 0.717) is 5.56 Å². The Morgan fingerprint density at radius 2 is 1.79 bits per heavy atom. The van der Waals surface area contributed by atoms with Crippen LogP contribution in [-0.2, 0) is 4.74 Å². The minimum absolute atomic E-state index is 0.223. The topological polar surface area (TPSA) is 26.3 Å². The highest BCUT2D eigenvalue weighted by Gasteiger charge is 2.33. The fourth-order valence-electron chi connectivity index (χ4n) is 2.54. The molecule has 0 aliphatic carbocycles. The van der Waals surface area contributed by atoms with E-state index in [1.54, 1.807) is 11.3 Å². The molecule has 0 spiro atoms. The number of fused-ring (bicyclic) bond motifs is 2. The molecule has 2 heterocycles. The zero-order valence-electron chi connectivity index (χ0n) is 10.00. The molecule has 0 saturated heterocycles. The molecule has 2 nitrogen and oxygen atoms in total. The van der Waals surface area contributed by atoms with Crippen LogP contribution in [0.1, 0.15) is 26.9 Å². The molecular weight excluding hydrogens is 256 g/mol. The molecule has 3 heteroatoms. The largest absolute Gasteiger partial charge is 0.448 e. The molecule has 0 saturated carbocycles. The van der Waals surface area contributed by atoms with Gasteiger partial charge in [0.15, 0.2) is 6.10 Å². The number of thiophene rings is 1. The van der Waals surface area contributed by atoms with Gasteiger partial charge in [0.2, 0.25) is 0 Å². The summed E-state index contributed by atoms with van der Waals surface area (Å²) in [7, 11) is 0. The molecule has 1 aliphatic heterocycles. The SMILES string of the molecule is O=C1OC(c2cccs2)c2cc3ccccc3cc21. The lowest BCUT2D eigenvalue weighted by Gasteiger charge is -2.08. The summed E-state index contributed by atoms with van der Waals surface area (Å²) in [6, 6.07) is 16.0. The quantitative estimate of drug-likeness (QED) is 0.618. The third-order valence-corrected chi connectivity index (χ3v) is 4.36. The van der Waals surface area contributed by atoms with Gasteiger partial charge in [-0.25, -0.2) is 4.79 Å². The van der Waals surface area contributed by atoms with Crippen molar-refractivity contribution in [1.29, 1.82) is 0 Å². The van der Waals surface area contributed by atoms with Gasteiger partial charge in [0, 0.05) is 10.4 Å². The zero-order chi connectivity index (χ0) is 12.8. The van der Waals surface area contributed by atoms with Crippen LogP contribution in [0.5, 0.6) is 0 Å². The summed E-state index contributed by atoms with van der Waals surface area (Å²) in [5.41, 5.74) is 1.67. The molecule has 0 N–H and O–H groups in total. The van der Waals surface area contributed by atoms with E-state index in [2.05, 4.69) is 12.1 Å².